The van der Waals surface area contributed by atoms with E-state index >= 15 is 0 Å². The lowest BCUT2D eigenvalue weighted by molar-refractivity contribution is 0.0951. The molecule has 0 saturated carbocycles. The zero-order valence-corrected chi connectivity index (χ0v) is 11.8. The number of aliphatic hydroxyl groups is 1. The molecule has 0 bridgehead atoms. The molecule has 4 nitrogen and oxygen atoms in total. The van der Waals surface area contributed by atoms with Crippen LogP contribution in [0, 0.1) is 17.8 Å². The summed E-state index contributed by atoms with van der Waals surface area (Å²) in [6, 6.07) is 1.81. The van der Waals surface area contributed by atoms with Crippen molar-refractivity contribution in [2.24, 2.45) is 5.92 Å². The molecule has 0 aliphatic carbocycles. The maximum atomic E-state index is 12.1. The highest BCUT2D eigenvalue weighted by molar-refractivity contribution is 7.12. The topological polar surface area (TPSA) is 52.6 Å². The van der Waals surface area contributed by atoms with Crippen molar-refractivity contribution in [1.82, 2.24) is 10.2 Å². The Kier molecular flexibility index (Phi) is 4.97. The van der Waals surface area contributed by atoms with Crippen LogP contribution in [0.1, 0.15) is 21.7 Å². The molecule has 0 spiro atoms. The normalized spacial score (nSPS) is 18.9. The van der Waals surface area contributed by atoms with E-state index in [1.54, 1.807) is 0 Å². The molecule has 1 fully saturated rings. The van der Waals surface area contributed by atoms with Crippen LogP contribution in [0.4, 0.5) is 0 Å². The second kappa shape index (κ2) is 6.71. The largest absolute Gasteiger partial charge is 0.384 e. The summed E-state index contributed by atoms with van der Waals surface area (Å²) in [6.45, 7) is 2.67. The average Bonchev–Trinajstić information content (AvgIpc) is 3.02. The molecular weight excluding hydrogens is 260 g/mol. The van der Waals surface area contributed by atoms with E-state index in [1.807, 2.05) is 11.4 Å². The molecule has 1 aliphatic heterocycles. The van der Waals surface area contributed by atoms with Gasteiger partial charge in [0.1, 0.15) is 11.5 Å². The number of rotatable bonds is 3. The van der Waals surface area contributed by atoms with Gasteiger partial charge in [0, 0.05) is 18.7 Å². The van der Waals surface area contributed by atoms with Gasteiger partial charge in [0.05, 0.1) is 0 Å². The number of aliphatic hydroxyl groups excluding tert-OH is 1. The zero-order valence-electron chi connectivity index (χ0n) is 11.0. The van der Waals surface area contributed by atoms with Crippen LogP contribution in [-0.4, -0.2) is 49.2 Å². The summed E-state index contributed by atoms with van der Waals surface area (Å²) in [6.07, 6.45) is 1.14. The van der Waals surface area contributed by atoms with Crippen molar-refractivity contribution in [2.75, 3.05) is 33.3 Å². The summed E-state index contributed by atoms with van der Waals surface area (Å²) in [5.74, 6) is 5.85. The predicted octanol–water partition coefficient (Wildman–Crippen LogP) is 0.773. The maximum absolute atomic E-state index is 12.1. The number of nitrogens with zero attached hydrogens (tertiary/aromatic N) is 1. The van der Waals surface area contributed by atoms with Crippen LogP contribution >= 0.6 is 11.3 Å². The molecule has 2 N–H and O–H groups in total. The van der Waals surface area contributed by atoms with Crippen molar-refractivity contribution in [2.45, 2.75) is 6.42 Å². The van der Waals surface area contributed by atoms with E-state index in [0.717, 1.165) is 19.5 Å². The van der Waals surface area contributed by atoms with Gasteiger partial charge in [-0.2, -0.15) is 0 Å². The molecule has 0 aromatic carbocycles. The van der Waals surface area contributed by atoms with Gasteiger partial charge >= 0.3 is 0 Å². The quantitative estimate of drug-likeness (QED) is 0.803. The first kappa shape index (κ1) is 14.1. The van der Waals surface area contributed by atoms with Gasteiger partial charge in [-0.3, -0.25) is 4.79 Å². The van der Waals surface area contributed by atoms with E-state index in [4.69, 9.17) is 5.11 Å². The lowest BCUT2D eigenvalue weighted by Gasteiger charge is -2.11. The summed E-state index contributed by atoms with van der Waals surface area (Å²) in [4.78, 5) is 15.0. The van der Waals surface area contributed by atoms with Gasteiger partial charge < -0.3 is 15.3 Å². The van der Waals surface area contributed by atoms with Crippen LogP contribution < -0.4 is 5.32 Å². The Morgan fingerprint density at radius 1 is 1.68 bits per heavy atom. The van der Waals surface area contributed by atoms with Gasteiger partial charge in [0.15, 0.2) is 0 Å². The number of likely N-dealkylation sites (tertiary alicyclic amines) is 1. The van der Waals surface area contributed by atoms with Gasteiger partial charge in [-0.05, 0) is 37.4 Å². The number of thiophene rings is 1. The van der Waals surface area contributed by atoms with E-state index in [2.05, 4.69) is 29.1 Å². The van der Waals surface area contributed by atoms with Gasteiger partial charge in [-0.25, -0.2) is 0 Å². The second-order valence-corrected chi connectivity index (χ2v) is 5.67. The van der Waals surface area contributed by atoms with Crippen LogP contribution in [0.25, 0.3) is 0 Å². The Morgan fingerprint density at radius 3 is 3.21 bits per heavy atom. The Labute approximate surface area is 117 Å². The third kappa shape index (κ3) is 3.80. The highest BCUT2D eigenvalue weighted by Gasteiger charge is 2.20. The summed E-state index contributed by atoms with van der Waals surface area (Å²) in [7, 11) is 2.10. The molecule has 1 atom stereocenters. The molecule has 5 heteroatoms. The SMILES string of the molecule is CN1CCC(CNC(=O)c2sccc2C#CCO)C1. The number of hydrogen-bond acceptors (Lipinski definition) is 4. The number of amides is 1. The molecule has 0 radical (unpaired) electrons. The van der Waals surface area contributed by atoms with Crippen molar-refractivity contribution < 1.29 is 9.90 Å². The molecule has 1 saturated heterocycles. The molecule has 2 heterocycles. The number of hydrogen-bond donors (Lipinski definition) is 2. The summed E-state index contributed by atoms with van der Waals surface area (Å²) < 4.78 is 0. The van der Waals surface area contributed by atoms with Crippen molar-refractivity contribution in [3.05, 3.63) is 21.9 Å². The van der Waals surface area contributed by atoms with Gasteiger partial charge in [-0.1, -0.05) is 11.8 Å². The van der Waals surface area contributed by atoms with E-state index in [-0.39, 0.29) is 12.5 Å². The fourth-order valence-corrected chi connectivity index (χ4v) is 2.99. The first-order chi connectivity index (χ1) is 9.20. The predicted molar refractivity (Wildman–Crippen MR) is 76.2 cm³/mol. The van der Waals surface area contributed by atoms with Crippen molar-refractivity contribution in [3.8, 4) is 11.8 Å². The minimum atomic E-state index is -0.189. The fraction of sp³-hybridized carbons (Fsp3) is 0.500. The monoisotopic (exact) mass is 278 g/mol. The van der Waals surface area contributed by atoms with Gasteiger partial charge in [0.25, 0.3) is 5.91 Å². The van der Waals surface area contributed by atoms with Crippen molar-refractivity contribution >= 4 is 17.2 Å². The van der Waals surface area contributed by atoms with Crippen LogP contribution in [0.3, 0.4) is 0 Å². The zero-order chi connectivity index (χ0) is 13.7. The van der Waals surface area contributed by atoms with E-state index < -0.39 is 0 Å². The fourth-order valence-electron chi connectivity index (χ4n) is 2.23. The molecule has 2 rings (SSSR count). The standard InChI is InChI=1S/C14H18N2O2S/c1-16-6-4-11(10-16)9-15-14(18)13-12(3-2-7-17)5-8-19-13/h5,8,11,17H,4,6-7,9-10H2,1H3,(H,15,18). The Hall–Kier alpha value is -1.35. The Morgan fingerprint density at radius 2 is 2.53 bits per heavy atom. The van der Waals surface area contributed by atoms with Gasteiger partial charge in [-0.15, -0.1) is 11.3 Å². The third-order valence-corrected chi connectivity index (χ3v) is 4.13. The lowest BCUT2D eigenvalue weighted by Crippen LogP contribution is -2.30. The van der Waals surface area contributed by atoms with Crippen LogP contribution in [0.15, 0.2) is 11.4 Å². The van der Waals surface area contributed by atoms with Gasteiger partial charge in [0.2, 0.25) is 0 Å². The van der Waals surface area contributed by atoms with Crippen LogP contribution in [0.2, 0.25) is 0 Å². The maximum Gasteiger partial charge on any atom is 0.262 e. The highest BCUT2D eigenvalue weighted by Crippen LogP contribution is 2.17. The van der Waals surface area contributed by atoms with Crippen molar-refractivity contribution in [1.29, 1.82) is 0 Å². The minimum absolute atomic E-state index is 0.0632. The molecule has 1 aromatic rings. The average molecular weight is 278 g/mol. The second-order valence-electron chi connectivity index (χ2n) is 4.75. The lowest BCUT2D eigenvalue weighted by atomic mass is 10.1. The van der Waals surface area contributed by atoms with E-state index in [1.165, 1.54) is 11.3 Å². The smallest absolute Gasteiger partial charge is 0.262 e. The molecule has 1 unspecified atom stereocenters. The van der Waals surface area contributed by atoms with Crippen molar-refractivity contribution in [3.63, 3.8) is 0 Å². The third-order valence-electron chi connectivity index (χ3n) is 3.21. The molecule has 1 aliphatic rings. The first-order valence-corrected chi connectivity index (χ1v) is 7.22. The molecule has 19 heavy (non-hydrogen) atoms. The summed E-state index contributed by atoms with van der Waals surface area (Å²) in [5, 5.41) is 13.5. The van der Waals surface area contributed by atoms with E-state index in [9.17, 15) is 4.79 Å². The molecule has 1 amide bonds. The highest BCUT2D eigenvalue weighted by atomic mass is 32.1. The number of nitrogens with one attached hydrogen (secondary N) is 1. The molecule has 1 aromatic heterocycles. The number of carbonyl (C=O) groups is 1. The Bertz CT molecular complexity index is 501. The number of carbonyl (C=O) groups excluding carboxylic acids is 1. The Balaban J connectivity index is 1.91. The summed E-state index contributed by atoms with van der Waals surface area (Å²) >= 11 is 1.38. The summed E-state index contributed by atoms with van der Waals surface area (Å²) in [5.41, 5.74) is 0.695. The molecule has 102 valence electrons. The minimum Gasteiger partial charge on any atom is -0.384 e. The molecular formula is C14H18N2O2S. The van der Waals surface area contributed by atoms with Crippen LogP contribution in [-0.2, 0) is 0 Å². The van der Waals surface area contributed by atoms with Crippen LogP contribution in [0.5, 0.6) is 0 Å². The first-order valence-electron chi connectivity index (χ1n) is 6.34. The van der Waals surface area contributed by atoms with E-state index in [0.29, 0.717) is 22.9 Å².